The zero-order valence-electron chi connectivity index (χ0n) is 9.84. The van der Waals surface area contributed by atoms with Crippen LogP contribution >= 0.6 is 0 Å². The number of hydrogen-bond acceptors (Lipinski definition) is 1. The number of aryl methyl sites for hydroxylation is 1. The van der Waals surface area contributed by atoms with E-state index in [1.54, 1.807) is 12.1 Å². The molecule has 1 N–H and O–H groups in total. The smallest absolute Gasteiger partial charge is 0.129 e. The van der Waals surface area contributed by atoms with Crippen molar-refractivity contribution in [1.29, 1.82) is 0 Å². The largest absolute Gasteiger partial charge is 0.388 e. The Morgan fingerprint density at radius 3 is 2.53 bits per heavy atom. The summed E-state index contributed by atoms with van der Waals surface area (Å²) in [5.41, 5.74) is 1.08. The average molecular weight is 210 g/mol. The van der Waals surface area contributed by atoms with Crippen molar-refractivity contribution in [2.24, 2.45) is 5.41 Å². The molecule has 0 aliphatic heterocycles. The van der Waals surface area contributed by atoms with E-state index < -0.39 is 6.10 Å². The molecule has 0 saturated heterocycles. The molecule has 0 aromatic heterocycles. The fraction of sp³-hybridized carbons (Fsp3) is 0.538. The van der Waals surface area contributed by atoms with Gasteiger partial charge in [-0.15, -0.1) is 0 Å². The van der Waals surface area contributed by atoms with Crippen LogP contribution in [0.15, 0.2) is 18.2 Å². The number of benzene rings is 1. The summed E-state index contributed by atoms with van der Waals surface area (Å²) in [5, 5.41) is 10.1. The Bertz CT molecular complexity index is 344. The lowest BCUT2D eigenvalue weighted by Crippen LogP contribution is -2.22. The molecule has 2 heteroatoms. The monoisotopic (exact) mass is 210 g/mol. The maximum absolute atomic E-state index is 13.5. The number of rotatable bonds is 3. The predicted octanol–water partition coefficient (Wildman–Crippen LogP) is 3.60. The second-order valence-corrected chi connectivity index (χ2v) is 4.77. The summed E-state index contributed by atoms with van der Waals surface area (Å²) in [7, 11) is 0. The van der Waals surface area contributed by atoms with Crippen molar-refractivity contribution in [2.75, 3.05) is 0 Å². The van der Waals surface area contributed by atoms with Gasteiger partial charge in [0, 0.05) is 5.56 Å². The standard InChI is InChI=1S/C13H19FO/c1-5-13(3,4)12(15)10-8-9(2)6-7-11(10)14/h6-8,12,15H,5H2,1-4H3. The van der Waals surface area contributed by atoms with E-state index >= 15 is 0 Å². The van der Waals surface area contributed by atoms with Crippen molar-refractivity contribution in [3.63, 3.8) is 0 Å². The van der Waals surface area contributed by atoms with E-state index in [1.807, 2.05) is 27.7 Å². The molecule has 0 radical (unpaired) electrons. The zero-order valence-corrected chi connectivity index (χ0v) is 9.84. The van der Waals surface area contributed by atoms with Gasteiger partial charge in [-0.05, 0) is 24.8 Å². The van der Waals surface area contributed by atoms with E-state index in [4.69, 9.17) is 0 Å². The van der Waals surface area contributed by atoms with Crippen molar-refractivity contribution in [3.05, 3.63) is 35.1 Å². The topological polar surface area (TPSA) is 20.2 Å². The van der Waals surface area contributed by atoms with Gasteiger partial charge in [0.1, 0.15) is 5.82 Å². The summed E-state index contributed by atoms with van der Waals surface area (Å²) < 4.78 is 13.5. The molecule has 15 heavy (non-hydrogen) atoms. The van der Waals surface area contributed by atoms with Gasteiger partial charge in [-0.25, -0.2) is 4.39 Å². The van der Waals surface area contributed by atoms with Gasteiger partial charge >= 0.3 is 0 Å². The molecule has 0 spiro atoms. The quantitative estimate of drug-likeness (QED) is 0.808. The normalized spacial score (nSPS) is 14.0. The molecule has 0 fully saturated rings. The highest BCUT2D eigenvalue weighted by molar-refractivity contribution is 5.27. The van der Waals surface area contributed by atoms with Gasteiger partial charge in [-0.3, -0.25) is 0 Å². The Morgan fingerprint density at radius 2 is 2.00 bits per heavy atom. The molecule has 1 rings (SSSR count). The predicted molar refractivity (Wildman–Crippen MR) is 60.2 cm³/mol. The van der Waals surface area contributed by atoms with Crippen LogP contribution in [0.1, 0.15) is 44.4 Å². The highest BCUT2D eigenvalue weighted by Crippen LogP contribution is 2.37. The van der Waals surface area contributed by atoms with Crippen LogP contribution in [-0.4, -0.2) is 5.11 Å². The highest BCUT2D eigenvalue weighted by Gasteiger charge is 2.29. The van der Waals surface area contributed by atoms with Gasteiger partial charge < -0.3 is 5.11 Å². The maximum Gasteiger partial charge on any atom is 0.129 e. The summed E-state index contributed by atoms with van der Waals surface area (Å²) in [6.45, 7) is 7.78. The number of hydrogen-bond donors (Lipinski definition) is 1. The van der Waals surface area contributed by atoms with E-state index in [2.05, 4.69) is 0 Å². The minimum Gasteiger partial charge on any atom is -0.388 e. The summed E-state index contributed by atoms with van der Waals surface area (Å²) in [4.78, 5) is 0. The minimum absolute atomic E-state index is 0.297. The second-order valence-electron chi connectivity index (χ2n) is 4.77. The minimum atomic E-state index is -0.748. The molecule has 0 aliphatic carbocycles. The van der Waals surface area contributed by atoms with Crippen LogP contribution in [0.2, 0.25) is 0 Å². The molecule has 1 aromatic carbocycles. The number of halogens is 1. The SMILES string of the molecule is CCC(C)(C)C(O)c1cc(C)ccc1F. The molecule has 1 unspecified atom stereocenters. The molecule has 1 atom stereocenters. The van der Waals surface area contributed by atoms with Gasteiger partial charge in [-0.1, -0.05) is 38.5 Å². The number of aliphatic hydroxyl groups excluding tert-OH is 1. The third-order valence-electron chi connectivity index (χ3n) is 3.10. The second kappa shape index (κ2) is 4.31. The van der Waals surface area contributed by atoms with Gasteiger partial charge in [0.25, 0.3) is 0 Å². The van der Waals surface area contributed by atoms with E-state index in [-0.39, 0.29) is 11.2 Å². The van der Waals surface area contributed by atoms with Gasteiger partial charge in [0.05, 0.1) is 6.10 Å². The first kappa shape index (κ1) is 12.2. The Hall–Kier alpha value is -0.890. The van der Waals surface area contributed by atoms with E-state index in [0.29, 0.717) is 5.56 Å². The number of aliphatic hydroxyl groups is 1. The Balaban J connectivity index is 3.10. The van der Waals surface area contributed by atoms with Crippen LogP contribution < -0.4 is 0 Å². The molecule has 0 saturated carbocycles. The van der Waals surface area contributed by atoms with Crippen molar-refractivity contribution < 1.29 is 9.50 Å². The first-order chi connectivity index (χ1) is 6.88. The third-order valence-corrected chi connectivity index (χ3v) is 3.10. The van der Waals surface area contributed by atoms with E-state index in [0.717, 1.165) is 12.0 Å². The molecular formula is C13H19FO. The zero-order chi connectivity index (χ0) is 11.6. The van der Waals surface area contributed by atoms with Crippen LogP contribution in [0.3, 0.4) is 0 Å². The lowest BCUT2D eigenvalue weighted by atomic mass is 9.80. The van der Waals surface area contributed by atoms with Crippen LogP contribution in [0, 0.1) is 18.2 Å². The van der Waals surface area contributed by atoms with Crippen LogP contribution in [0.25, 0.3) is 0 Å². The van der Waals surface area contributed by atoms with Gasteiger partial charge in [0.2, 0.25) is 0 Å². The van der Waals surface area contributed by atoms with Crippen LogP contribution in [0.4, 0.5) is 4.39 Å². The van der Waals surface area contributed by atoms with Gasteiger partial charge in [0.15, 0.2) is 0 Å². The molecular weight excluding hydrogens is 191 g/mol. The summed E-state index contributed by atoms with van der Waals surface area (Å²) in [5.74, 6) is -0.324. The maximum atomic E-state index is 13.5. The molecule has 1 aromatic rings. The van der Waals surface area contributed by atoms with E-state index in [9.17, 15) is 9.50 Å². The summed E-state index contributed by atoms with van der Waals surface area (Å²) >= 11 is 0. The molecule has 0 aliphatic rings. The molecule has 0 bridgehead atoms. The third kappa shape index (κ3) is 2.57. The Kier molecular flexibility index (Phi) is 3.50. The van der Waals surface area contributed by atoms with Crippen molar-refractivity contribution in [1.82, 2.24) is 0 Å². The lowest BCUT2D eigenvalue weighted by molar-refractivity contribution is 0.0436. The molecule has 1 nitrogen and oxygen atoms in total. The molecule has 0 amide bonds. The first-order valence-electron chi connectivity index (χ1n) is 5.32. The fourth-order valence-corrected chi connectivity index (χ4v) is 1.49. The van der Waals surface area contributed by atoms with E-state index in [1.165, 1.54) is 6.07 Å². The highest BCUT2D eigenvalue weighted by atomic mass is 19.1. The summed E-state index contributed by atoms with van der Waals surface area (Å²) in [6, 6.07) is 4.85. The van der Waals surface area contributed by atoms with Crippen molar-refractivity contribution in [3.8, 4) is 0 Å². The first-order valence-corrected chi connectivity index (χ1v) is 5.32. The van der Waals surface area contributed by atoms with Crippen molar-refractivity contribution in [2.45, 2.75) is 40.2 Å². The lowest BCUT2D eigenvalue weighted by Gasteiger charge is -2.29. The molecule has 0 heterocycles. The average Bonchev–Trinajstić information content (AvgIpc) is 2.20. The van der Waals surface area contributed by atoms with Gasteiger partial charge in [-0.2, -0.15) is 0 Å². The van der Waals surface area contributed by atoms with Crippen LogP contribution in [-0.2, 0) is 0 Å². The molecule has 84 valence electrons. The fourth-order valence-electron chi connectivity index (χ4n) is 1.49. The van der Waals surface area contributed by atoms with Crippen LogP contribution in [0.5, 0.6) is 0 Å². The Labute approximate surface area is 90.9 Å². The summed E-state index contributed by atoms with van der Waals surface area (Å²) in [6.07, 6.45) is 0.0593. The Morgan fingerprint density at radius 1 is 1.40 bits per heavy atom. The van der Waals surface area contributed by atoms with Crippen molar-refractivity contribution >= 4 is 0 Å².